The molecule has 0 aliphatic carbocycles. The second-order valence-electron chi connectivity index (χ2n) is 2.77. The molecule has 1 N–H and O–H groups in total. The van der Waals surface area contributed by atoms with Gasteiger partial charge in [0.25, 0.3) is 0 Å². The van der Waals surface area contributed by atoms with Gasteiger partial charge in [0.05, 0.1) is 11.9 Å². The first kappa shape index (κ1) is 10.2. The molecule has 78 valence electrons. The SMILES string of the molecule is N#Cc1cc(-c2cnsc2C(=O)O)ncn1. The van der Waals surface area contributed by atoms with Crippen LogP contribution in [0.4, 0.5) is 0 Å². The molecule has 0 bridgehead atoms. The number of carboxylic acids is 1. The molecule has 0 aliphatic rings. The van der Waals surface area contributed by atoms with Gasteiger partial charge in [-0.15, -0.1) is 0 Å². The Hall–Kier alpha value is -2.33. The first-order valence-corrected chi connectivity index (χ1v) is 4.90. The number of hydrogen-bond donors (Lipinski definition) is 1. The van der Waals surface area contributed by atoms with E-state index in [1.54, 1.807) is 0 Å². The van der Waals surface area contributed by atoms with Crippen LogP contribution >= 0.6 is 11.5 Å². The Morgan fingerprint density at radius 3 is 3.00 bits per heavy atom. The van der Waals surface area contributed by atoms with Gasteiger partial charge in [-0.05, 0) is 11.5 Å². The van der Waals surface area contributed by atoms with E-state index in [4.69, 9.17) is 10.4 Å². The third kappa shape index (κ3) is 1.74. The van der Waals surface area contributed by atoms with E-state index in [-0.39, 0.29) is 10.6 Å². The number of aromatic nitrogens is 3. The van der Waals surface area contributed by atoms with Crippen LogP contribution in [0.2, 0.25) is 0 Å². The standard InChI is InChI=1S/C9H4N4O2S/c10-2-5-1-7(12-4-11-5)6-3-13-16-8(6)9(14)15/h1,3-4H,(H,14,15). The van der Waals surface area contributed by atoms with E-state index in [9.17, 15) is 4.79 Å². The molecule has 2 aromatic heterocycles. The quantitative estimate of drug-likeness (QED) is 0.834. The molecule has 0 aliphatic heterocycles. The summed E-state index contributed by atoms with van der Waals surface area (Å²) in [5, 5.41) is 17.6. The van der Waals surface area contributed by atoms with E-state index in [1.807, 2.05) is 6.07 Å². The zero-order valence-electron chi connectivity index (χ0n) is 7.78. The zero-order valence-corrected chi connectivity index (χ0v) is 8.60. The third-order valence-electron chi connectivity index (χ3n) is 1.82. The molecule has 2 aromatic rings. The first-order valence-electron chi connectivity index (χ1n) is 4.13. The van der Waals surface area contributed by atoms with Crippen molar-refractivity contribution in [3.63, 3.8) is 0 Å². The van der Waals surface area contributed by atoms with E-state index in [1.165, 1.54) is 18.6 Å². The van der Waals surface area contributed by atoms with E-state index < -0.39 is 5.97 Å². The van der Waals surface area contributed by atoms with Gasteiger partial charge < -0.3 is 5.11 Å². The van der Waals surface area contributed by atoms with Crippen LogP contribution in [0.15, 0.2) is 18.6 Å². The minimum Gasteiger partial charge on any atom is -0.477 e. The van der Waals surface area contributed by atoms with Gasteiger partial charge in [0.1, 0.15) is 23.0 Å². The summed E-state index contributed by atoms with van der Waals surface area (Å²) < 4.78 is 3.79. The highest BCUT2D eigenvalue weighted by atomic mass is 32.1. The lowest BCUT2D eigenvalue weighted by Crippen LogP contribution is -1.96. The summed E-state index contributed by atoms with van der Waals surface area (Å²) >= 11 is 0.873. The van der Waals surface area contributed by atoms with E-state index in [0.717, 1.165) is 11.5 Å². The van der Waals surface area contributed by atoms with Crippen molar-refractivity contribution in [2.75, 3.05) is 0 Å². The summed E-state index contributed by atoms with van der Waals surface area (Å²) in [7, 11) is 0. The molecular formula is C9H4N4O2S. The number of nitrogens with zero attached hydrogens (tertiary/aromatic N) is 4. The summed E-state index contributed by atoms with van der Waals surface area (Å²) in [5.41, 5.74) is 0.974. The Morgan fingerprint density at radius 1 is 1.50 bits per heavy atom. The highest BCUT2D eigenvalue weighted by molar-refractivity contribution is 7.08. The van der Waals surface area contributed by atoms with Crippen LogP contribution in [0.5, 0.6) is 0 Å². The topological polar surface area (TPSA) is 99.8 Å². The van der Waals surface area contributed by atoms with Crippen molar-refractivity contribution >= 4 is 17.5 Å². The molecule has 0 fully saturated rings. The van der Waals surface area contributed by atoms with Crippen LogP contribution in [0.25, 0.3) is 11.3 Å². The number of hydrogen-bond acceptors (Lipinski definition) is 6. The van der Waals surface area contributed by atoms with Crippen molar-refractivity contribution in [1.82, 2.24) is 14.3 Å². The van der Waals surface area contributed by atoms with Crippen LogP contribution in [0, 0.1) is 11.3 Å². The molecule has 0 saturated heterocycles. The summed E-state index contributed by atoms with van der Waals surface area (Å²) in [4.78, 5) is 18.6. The largest absolute Gasteiger partial charge is 0.477 e. The number of carboxylic acid groups (broad SMARTS) is 1. The molecule has 2 rings (SSSR count). The maximum Gasteiger partial charge on any atom is 0.348 e. The van der Waals surface area contributed by atoms with E-state index in [0.29, 0.717) is 11.3 Å². The smallest absolute Gasteiger partial charge is 0.348 e. The van der Waals surface area contributed by atoms with Gasteiger partial charge in [-0.3, -0.25) is 0 Å². The molecule has 0 amide bonds. The lowest BCUT2D eigenvalue weighted by atomic mass is 10.2. The Bertz CT molecular complexity index is 587. The fraction of sp³-hybridized carbons (Fsp3) is 0. The van der Waals surface area contributed by atoms with Gasteiger partial charge in [-0.25, -0.2) is 14.8 Å². The average molecular weight is 232 g/mol. The van der Waals surface area contributed by atoms with Gasteiger partial charge in [0, 0.05) is 11.6 Å². The van der Waals surface area contributed by atoms with E-state index in [2.05, 4.69) is 14.3 Å². The number of carbonyl (C=O) groups is 1. The highest BCUT2D eigenvalue weighted by Gasteiger charge is 2.15. The average Bonchev–Trinajstić information content (AvgIpc) is 2.78. The van der Waals surface area contributed by atoms with Crippen LogP contribution in [0.1, 0.15) is 15.4 Å². The van der Waals surface area contributed by atoms with Crippen LogP contribution in [-0.2, 0) is 0 Å². The molecule has 0 unspecified atom stereocenters. The molecule has 0 saturated carbocycles. The second kappa shape index (κ2) is 4.04. The Balaban J connectivity index is 2.55. The van der Waals surface area contributed by atoms with Crippen molar-refractivity contribution in [2.24, 2.45) is 0 Å². The predicted molar refractivity (Wildman–Crippen MR) is 54.8 cm³/mol. The summed E-state index contributed by atoms with van der Waals surface area (Å²) in [6.45, 7) is 0. The van der Waals surface area contributed by atoms with Gasteiger partial charge in [0.15, 0.2) is 0 Å². The van der Waals surface area contributed by atoms with Gasteiger partial charge in [-0.2, -0.15) is 9.64 Å². The van der Waals surface area contributed by atoms with Gasteiger partial charge >= 0.3 is 5.97 Å². The fourth-order valence-electron chi connectivity index (χ4n) is 1.14. The van der Waals surface area contributed by atoms with Crippen LogP contribution in [-0.4, -0.2) is 25.4 Å². The molecule has 0 aromatic carbocycles. The van der Waals surface area contributed by atoms with Crippen molar-refractivity contribution in [3.8, 4) is 17.3 Å². The van der Waals surface area contributed by atoms with Crippen molar-refractivity contribution in [3.05, 3.63) is 29.2 Å². The molecular weight excluding hydrogens is 228 g/mol. The highest BCUT2D eigenvalue weighted by Crippen LogP contribution is 2.24. The summed E-state index contributed by atoms with van der Waals surface area (Å²) in [5.74, 6) is -1.06. The molecule has 0 spiro atoms. The predicted octanol–water partition coefficient (Wildman–Crippen LogP) is 1.17. The Kier molecular flexibility index (Phi) is 2.57. The number of nitriles is 1. The minimum absolute atomic E-state index is 0.0996. The van der Waals surface area contributed by atoms with Crippen LogP contribution < -0.4 is 0 Å². The number of aromatic carboxylic acids is 1. The maximum absolute atomic E-state index is 10.9. The monoisotopic (exact) mass is 232 g/mol. The normalized spacial score (nSPS) is 9.69. The van der Waals surface area contributed by atoms with Crippen molar-refractivity contribution < 1.29 is 9.90 Å². The summed E-state index contributed by atoms with van der Waals surface area (Å²) in [6.07, 6.45) is 2.63. The van der Waals surface area contributed by atoms with Crippen molar-refractivity contribution in [2.45, 2.75) is 0 Å². The molecule has 0 radical (unpaired) electrons. The zero-order chi connectivity index (χ0) is 11.5. The first-order chi connectivity index (χ1) is 7.72. The number of rotatable bonds is 2. The maximum atomic E-state index is 10.9. The minimum atomic E-state index is -1.06. The lowest BCUT2D eigenvalue weighted by Gasteiger charge is -1.97. The summed E-state index contributed by atoms with van der Waals surface area (Å²) in [6, 6.07) is 3.29. The lowest BCUT2D eigenvalue weighted by molar-refractivity contribution is 0.0703. The molecule has 7 heteroatoms. The van der Waals surface area contributed by atoms with Crippen LogP contribution in [0.3, 0.4) is 0 Å². The van der Waals surface area contributed by atoms with Gasteiger partial charge in [0.2, 0.25) is 0 Å². The van der Waals surface area contributed by atoms with Crippen molar-refractivity contribution in [1.29, 1.82) is 5.26 Å². The second-order valence-corrected chi connectivity index (χ2v) is 3.58. The molecule has 0 atom stereocenters. The Labute approximate surface area is 94.0 Å². The Morgan fingerprint density at radius 2 is 2.31 bits per heavy atom. The molecule has 6 nitrogen and oxygen atoms in total. The third-order valence-corrected chi connectivity index (χ3v) is 2.61. The fourth-order valence-corrected chi connectivity index (χ4v) is 1.74. The molecule has 2 heterocycles. The van der Waals surface area contributed by atoms with Gasteiger partial charge in [-0.1, -0.05) is 0 Å². The van der Waals surface area contributed by atoms with E-state index >= 15 is 0 Å². The molecule has 16 heavy (non-hydrogen) atoms.